The monoisotopic (exact) mass is 292 g/mol. The number of aliphatic carboxylic acids is 1. The fourth-order valence-corrected chi connectivity index (χ4v) is 2.02. The lowest BCUT2D eigenvalue weighted by atomic mass is 10.1. The van der Waals surface area contributed by atoms with Crippen LogP contribution in [0.3, 0.4) is 0 Å². The van der Waals surface area contributed by atoms with Crippen molar-refractivity contribution >= 4 is 12.0 Å². The number of urea groups is 1. The molecule has 0 aliphatic rings. The van der Waals surface area contributed by atoms with Crippen LogP contribution < -0.4 is 5.32 Å². The van der Waals surface area contributed by atoms with E-state index in [1.165, 1.54) is 5.56 Å². The lowest BCUT2D eigenvalue weighted by Gasteiger charge is -2.19. The molecule has 1 rings (SSSR count). The quantitative estimate of drug-likeness (QED) is 0.724. The number of carbonyl (C=O) groups is 2. The third-order valence-electron chi connectivity index (χ3n) is 3.36. The van der Waals surface area contributed by atoms with Gasteiger partial charge in [0.25, 0.3) is 0 Å². The third-order valence-corrected chi connectivity index (χ3v) is 3.36. The van der Waals surface area contributed by atoms with Crippen LogP contribution in [0.5, 0.6) is 0 Å². The highest BCUT2D eigenvalue weighted by atomic mass is 16.4. The van der Waals surface area contributed by atoms with Crippen LogP contribution in [0.1, 0.15) is 36.8 Å². The van der Waals surface area contributed by atoms with Gasteiger partial charge in [-0.1, -0.05) is 30.7 Å². The molecule has 0 aliphatic carbocycles. The zero-order chi connectivity index (χ0) is 15.7. The fourth-order valence-electron chi connectivity index (χ4n) is 2.02. The maximum Gasteiger partial charge on any atom is 0.317 e. The molecule has 2 N–H and O–H groups in total. The molecule has 21 heavy (non-hydrogen) atoms. The summed E-state index contributed by atoms with van der Waals surface area (Å²) < 4.78 is 0. The SMILES string of the molecule is Cc1ccccc1CN(C)C(=O)NCCCCCC(=O)O. The standard InChI is InChI=1S/C16H24N2O3/c1-13-8-5-6-9-14(13)12-18(2)16(21)17-11-7-3-4-10-15(19)20/h5-6,8-9H,3-4,7,10-12H2,1-2H3,(H,17,21)(H,19,20). The highest BCUT2D eigenvalue weighted by Gasteiger charge is 2.09. The van der Waals surface area contributed by atoms with Gasteiger partial charge in [-0.25, -0.2) is 4.79 Å². The zero-order valence-corrected chi connectivity index (χ0v) is 12.8. The molecule has 5 nitrogen and oxygen atoms in total. The van der Waals surface area contributed by atoms with Gasteiger partial charge in [-0.3, -0.25) is 4.79 Å². The predicted molar refractivity (Wildman–Crippen MR) is 82.1 cm³/mol. The lowest BCUT2D eigenvalue weighted by molar-refractivity contribution is -0.137. The Bertz CT molecular complexity index is 474. The minimum absolute atomic E-state index is 0.100. The second-order valence-corrected chi connectivity index (χ2v) is 5.22. The van der Waals surface area contributed by atoms with Crippen LogP contribution in [0, 0.1) is 6.92 Å². The number of hydrogen-bond donors (Lipinski definition) is 2. The first-order valence-electron chi connectivity index (χ1n) is 7.26. The Labute approximate surface area is 126 Å². The van der Waals surface area contributed by atoms with E-state index in [-0.39, 0.29) is 12.5 Å². The first kappa shape index (κ1) is 17.0. The van der Waals surface area contributed by atoms with Gasteiger partial charge >= 0.3 is 12.0 Å². The maximum absolute atomic E-state index is 11.9. The van der Waals surface area contributed by atoms with Gasteiger partial charge < -0.3 is 15.3 Å². The summed E-state index contributed by atoms with van der Waals surface area (Å²) in [5.74, 6) is -0.767. The smallest absolute Gasteiger partial charge is 0.317 e. The van der Waals surface area contributed by atoms with Crippen LogP contribution in [0.4, 0.5) is 4.79 Å². The van der Waals surface area contributed by atoms with Crippen molar-refractivity contribution in [2.45, 2.75) is 39.2 Å². The van der Waals surface area contributed by atoms with Gasteiger partial charge in [-0.15, -0.1) is 0 Å². The highest BCUT2D eigenvalue weighted by Crippen LogP contribution is 2.09. The first-order chi connectivity index (χ1) is 10.0. The van der Waals surface area contributed by atoms with E-state index in [2.05, 4.69) is 5.32 Å². The summed E-state index contributed by atoms with van der Waals surface area (Å²) in [6.45, 7) is 3.19. The average molecular weight is 292 g/mol. The molecule has 5 heteroatoms. The summed E-state index contributed by atoms with van der Waals surface area (Å²) in [4.78, 5) is 23.9. The molecule has 0 atom stereocenters. The normalized spacial score (nSPS) is 10.2. The summed E-state index contributed by atoms with van der Waals surface area (Å²) >= 11 is 0. The Morgan fingerprint density at radius 3 is 2.57 bits per heavy atom. The fraction of sp³-hybridized carbons (Fsp3) is 0.500. The molecule has 0 spiro atoms. The van der Waals surface area contributed by atoms with Gasteiger partial charge in [0.2, 0.25) is 0 Å². The number of aryl methyl sites for hydroxylation is 1. The minimum atomic E-state index is -0.767. The van der Waals surface area contributed by atoms with Crippen LogP contribution in [0.15, 0.2) is 24.3 Å². The van der Waals surface area contributed by atoms with Crippen LogP contribution >= 0.6 is 0 Å². The van der Waals surface area contributed by atoms with E-state index in [0.29, 0.717) is 19.5 Å². The number of nitrogens with zero attached hydrogens (tertiary/aromatic N) is 1. The Morgan fingerprint density at radius 1 is 1.19 bits per heavy atom. The van der Waals surface area contributed by atoms with Crippen molar-refractivity contribution in [3.63, 3.8) is 0 Å². The van der Waals surface area contributed by atoms with Crippen molar-refractivity contribution in [2.24, 2.45) is 0 Å². The van der Waals surface area contributed by atoms with Crippen molar-refractivity contribution in [3.05, 3.63) is 35.4 Å². The largest absolute Gasteiger partial charge is 0.481 e. The van der Waals surface area contributed by atoms with Gasteiger partial charge in [0, 0.05) is 26.6 Å². The molecule has 0 saturated heterocycles. The number of carboxylic acid groups (broad SMARTS) is 1. The molecule has 0 aromatic heterocycles. The number of carboxylic acids is 1. The molecule has 0 radical (unpaired) electrons. The molecular formula is C16H24N2O3. The summed E-state index contributed by atoms with van der Waals surface area (Å²) in [5.41, 5.74) is 2.31. The Kier molecular flexibility index (Phi) is 7.29. The van der Waals surface area contributed by atoms with Crippen LogP contribution in [0.25, 0.3) is 0 Å². The molecule has 0 fully saturated rings. The molecular weight excluding hydrogens is 268 g/mol. The van der Waals surface area contributed by atoms with Crippen LogP contribution in [-0.4, -0.2) is 35.6 Å². The summed E-state index contributed by atoms with van der Waals surface area (Å²) in [6.07, 6.45) is 2.47. The predicted octanol–water partition coefficient (Wildman–Crippen LogP) is 2.78. The van der Waals surface area contributed by atoms with E-state index < -0.39 is 5.97 Å². The Balaban J connectivity index is 2.23. The van der Waals surface area contributed by atoms with E-state index in [4.69, 9.17) is 5.11 Å². The average Bonchev–Trinajstić information content (AvgIpc) is 2.44. The Morgan fingerprint density at radius 2 is 1.90 bits per heavy atom. The molecule has 0 aliphatic heterocycles. The number of carbonyl (C=O) groups excluding carboxylic acids is 1. The first-order valence-corrected chi connectivity index (χ1v) is 7.26. The van der Waals surface area contributed by atoms with Gasteiger partial charge in [0.1, 0.15) is 0 Å². The van der Waals surface area contributed by atoms with Gasteiger partial charge in [-0.2, -0.15) is 0 Å². The van der Waals surface area contributed by atoms with Crippen molar-refractivity contribution in [1.29, 1.82) is 0 Å². The highest BCUT2D eigenvalue weighted by molar-refractivity contribution is 5.73. The van der Waals surface area contributed by atoms with Gasteiger partial charge in [-0.05, 0) is 30.9 Å². The topological polar surface area (TPSA) is 69.6 Å². The number of nitrogens with one attached hydrogen (secondary N) is 1. The number of amides is 2. The molecule has 0 saturated carbocycles. The van der Waals surface area contributed by atoms with E-state index >= 15 is 0 Å². The molecule has 116 valence electrons. The molecule has 0 heterocycles. The van der Waals surface area contributed by atoms with Crippen LogP contribution in [-0.2, 0) is 11.3 Å². The molecule has 2 amide bonds. The minimum Gasteiger partial charge on any atom is -0.481 e. The zero-order valence-electron chi connectivity index (χ0n) is 12.8. The van der Waals surface area contributed by atoms with Crippen LogP contribution in [0.2, 0.25) is 0 Å². The summed E-state index contributed by atoms with van der Waals surface area (Å²) in [7, 11) is 1.77. The molecule has 0 bridgehead atoms. The van der Waals surface area contributed by atoms with Crippen molar-refractivity contribution in [1.82, 2.24) is 10.2 Å². The van der Waals surface area contributed by atoms with E-state index in [1.54, 1.807) is 11.9 Å². The second-order valence-electron chi connectivity index (χ2n) is 5.22. The van der Waals surface area contributed by atoms with Crippen molar-refractivity contribution in [3.8, 4) is 0 Å². The maximum atomic E-state index is 11.9. The van der Waals surface area contributed by atoms with Crippen molar-refractivity contribution in [2.75, 3.05) is 13.6 Å². The number of hydrogen-bond acceptors (Lipinski definition) is 2. The summed E-state index contributed by atoms with van der Waals surface area (Å²) in [6, 6.07) is 7.90. The van der Waals surface area contributed by atoms with E-state index in [0.717, 1.165) is 18.4 Å². The Hall–Kier alpha value is -2.04. The third kappa shape index (κ3) is 6.79. The van der Waals surface area contributed by atoms with Crippen molar-refractivity contribution < 1.29 is 14.7 Å². The van der Waals surface area contributed by atoms with E-state index in [9.17, 15) is 9.59 Å². The number of benzene rings is 1. The molecule has 1 aromatic rings. The summed E-state index contributed by atoms with van der Waals surface area (Å²) in [5, 5.41) is 11.4. The molecule has 1 aromatic carbocycles. The van der Waals surface area contributed by atoms with E-state index in [1.807, 2.05) is 31.2 Å². The lowest BCUT2D eigenvalue weighted by Crippen LogP contribution is -2.37. The number of unbranched alkanes of at least 4 members (excludes halogenated alkanes) is 2. The molecule has 0 unspecified atom stereocenters. The van der Waals surface area contributed by atoms with Gasteiger partial charge in [0.05, 0.1) is 0 Å². The number of rotatable bonds is 8. The second kappa shape index (κ2) is 9.00. The van der Waals surface area contributed by atoms with Gasteiger partial charge in [0.15, 0.2) is 0 Å².